The number of nitrogens with zero attached hydrogens (tertiary/aromatic N) is 1. The van der Waals surface area contributed by atoms with Gasteiger partial charge in [0.05, 0.1) is 0 Å². The second-order valence-corrected chi connectivity index (χ2v) is 9.40. The lowest BCUT2D eigenvalue weighted by atomic mass is 10.0. The van der Waals surface area contributed by atoms with Gasteiger partial charge in [0.2, 0.25) is 5.91 Å². The van der Waals surface area contributed by atoms with Gasteiger partial charge in [0.1, 0.15) is 11.8 Å². The van der Waals surface area contributed by atoms with E-state index in [0.29, 0.717) is 25.3 Å². The molecule has 3 aromatic carbocycles. The summed E-state index contributed by atoms with van der Waals surface area (Å²) in [6, 6.07) is 23.0. The number of rotatable bonds is 12. The van der Waals surface area contributed by atoms with Gasteiger partial charge in [-0.3, -0.25) is 9.59 Å². The molecule has 0 fully saturated rings. The van der Waals surface area contributed by atoms with Gasteiger partial charge in [-0.1, -0.05) is 79.6 Å². The highest BCUT2D eigenvalue weighted by Crippen LogP contribution is 2.19. The van der Waals surface area contributed by atoms with Gasteiger partial charge in [0.15, 0.2) is 6.61 Å². The number of hydrogen-bond donors (Lipinski definition) is 1. The van der Waals surface area contributed by atoms with Crippen LogP contribution in [0.25, 0.3) is 0 Å². The minimum atomic E-state index is -0.652. The van der Waals surface area contributed by atoms with Crippen LogP contribution in [-0.4, -0.2) is 35.9 Å². The van der Waals surface area contributed by atoms with Gasteiger partial charge in [-0.15, -0.1) is 0 Å². The van der Waals surface area contributed by atoms with Crippen molar-refractivity contribution in [3.8, 4) is 5.75 Å². The Morgan fingerprint density at radius 1 is 0.889 bits per heavy atom. The zero-order valence-corrected chi connectivity index (χ0v) is 21.9. The molecule has 2 amide bonds. The minimum Gasteiger partial charge on any atom is -0.484 e. The molecule has 0 aromatic heterocycles. The standard InChI is InChI=1S/C31H38N2O3/c1-5-6-17-32-31(35)29(20-26-12-8-7-9-13-26)33(21-27-14-10-11-23(2)18-27)30(34)22-36-28-16-15-24(3)25(4)19-28/h7-16,18-19,29H,5-6,17,20-22H2,1-4H3,(H,32,35)/t29-/m0/s1. The van der Waals surface area contributed by atoms with Gasteiger partial charge < -0.3 is 15.0 Å². The number of hydrogen-bond acceptors (Lipinski definition) is 3. The van der Waals surface area contributed by atoms with Crippen LogP contribution < -0.4 is 10.1 Å². The Hall–Kier alpha value is -3.60. The molecule has 3 rings (SSSR count). The number of carbonyl (C=O) groups excluding carboxylic acids is 2. The van der Waals surface area contributed by atoms with E-state index in [1.807, 2.05) is 87.5 Å². The molecule has 1 N–H and O–H groups in total. The van der Waals surface area contributed by atoms with Crippen LogP contribution in [0.1, 0.15) is 47.6 Å². The average molecular weight is 487 g/mol. The van der Waals surface area contributed by atoms with Crippen molar-refractivity contribution in [3.05, 3.63) is 101 Å². The third kappa shape index (κ3) is 7.98. The molecule has 36 heavy (non-hydrogen) atoms. The molecule has 0 radical (unpaired) electrons. The molecular formula is C31H38N2O3. The summed E-state index contributed by atoms with van der Waals surface area (Å²) < 4.78 is 5.90. The maximum absolute atomic E-state index is 13.6. The highest BCUT2D eigenvalue weighted by molar-refractivity contribution is 5.88. The van der Waals surface area contributed by atoms with Crippen LogP contribution in [0.4, 0.5) is 0 Å². The summed E-state index contributed by atoms with van der Waals surface area (Å²) in [6.07, 6.45) is 2.31. The fourth-order valence-electron chi connectivity index (χ4n) is 4.10. The van der Waals surface area contributed by atoms with Gasteiger partial charge >= 0.3 is 0 Å². The Balaban J connectivity index is 1.89. The van der Waals surface area contributed by atoms with Crippen molar-refractivity contribution < 1.29 is 14.3 Å². The first kappa shape index (κ1) is 27.0. The van der Waals surface area contributed by atoms with E-state index in [2.05, 4.69) is 18.3 Å². The van der Waals surface area contributed by atoms with Gasteiger partial charge in [-0.05, 0) is 61.6 Å². The maximum Gasteiger partial charge on any atom is 0.261 e. The Labute approximate surface area is 215 Å². The summed E-state index contributed by atoms with van der Waals surface area (Å²) in [7, 11) is 0. The second kappa shape index (κ2) is 13.5. The minimum absolute atomic E-state index is 0.137. The van der Waals surface area contributed by atoms with E-state index in [1.165, 1.54) is 5.56 Å². The Morgan fingerprint density at radius 3 is 2.33 bits per heavy atom. The van der Waals surface area contributed by atoms with Crippen LogP contribution in [0.3, 0.4) is 0 Å². The summed E-state index contributed by atoms with van der Waals surface area (Å²) in [5, 5.41) is 3.05. The summed E-state index contributed by atoms with van der Waals surface area (Å²) in [4.78, 5) is 28.8. The van der Waals surface area contributed by atoms with E-state index in [9.17, 15) is 9.59 Å². The third-order valence-electron chi connectivity index (χ3n) is 6.38. The average Bonchev–Trinajstić information content (AvgIpc) is 2.87. The zero-order chi connectivity index (χ0) is 25.9. The number of amides is 2. The molecule has 5 nitrogen and oxygen atoms in total. The van der Waals surface area contributed by atoms with E-state index in [0.717, 1.165) is 35.1 Å². The van der Waals surface area contributed by atoms with E-state index in [1.54, 1.807) is 4.90 Å². The molecule has 5 heteroatoms. The van der Waals surface area contributed by atoms with Crippen LogP contribution >= 0.6 is 0 Å². The molecule has 0 aliphatic carbocycles. The molecule has 0 saturated carbocycles. The molecule has 0 unspecified atom stereocenters. The Morgan fingerprint density at radius 2 is 1.64 bits per heavy atom. The van der Waals surface area contributed by atoms with Crippen molar-refractivity contribution in [2.45, 2.75) is 59.5 Å². The number of nitrogens with one attached hydrogen (secondary N) is 1. The van der Waals surface area contributed by atoms with Crippen LogP contribution in [0.15, 0.2) is 72.8 Å². The molecule has 3 aromatic rings. The van der Waals surface area contributed by atoms with Crippen LogP contribution in [0.2, 0.25) is 0 Å². The zero-order valence-electron chi connectivity index (χ0n) is 21.9. The number of benzene rings is 3. The third-order valence-corrected chi connectivity index (χ3v) is 6.38. The maximum atomic E-state index is 13.6. The summed E-state index contributed by atoms with van der Waals surface area (Å²) in [5.74, 6) is 0.287. The van der Waals surface area contributed by atoms with Gasteiger partial charge in [0.25, 0.3) is 5.91 Å². The van der Waals surface area contributed by atoms with Crippen molar-refractivity contribution >= 4 is 11.8 Å². The number of ether oxygens (including phenoxy) is 1. The van der Waals surface area contributed by atoms with Crippen molar-refractivity contribution in [2.75, 3.05) is 13.2 Å². The molecule has 0 heterocycles. The smallest absolute Gasteiger partial charge is 0.261 e. The largest absolute Gasteiger partial charge is 0.484 e. The quantitative estimate of drug-likeness (QED) is 0.342. The lowest BCUT2D eigenvalue weighted by Crippen LogP contribution is -2.51. The van der Waals surface area contributed by atoms with E-state index in [-0.39, 0.29) is 18.4 Å². The first-order valence-corrected chi connectivity index (χ1v) is 12.7. The Bertz CT molecular complexity index is 1140. The molecule has 0 aliphatic heterocycles. The number of aryl methyl sites for hydroxylation is 3. The summed E-state index contributed by atoms with van der Waals surface area (Å²) >= 11 is 0. The molecule has 0 bridgehead atoms. The van der Waals surface area contributed by atoms with E-state index in [4.69, 9.17) is 4.74 Å². The predicted molar refractivity (Wildman–Crippen MR) is 145 cm³/mol. The van der Waals surface area contributed by atoms with Gasteiger partial charge in [-0.25, -0.2) is 0 Å². The van der Waals surface area contributed by atoms with Crippen molar-refractivity contribution in [1.29, 1.82) is 0 Å². The topological polar surface area (TPSA) is 58.6 Å². The highest BCUT2D eigenvalue weighted by atomic mass is 16.5. The van der Waals surface area contributed by atoms with E-state index < -0.39 is 6.04 Å². The Kier molecular flexibility index (Phi) is 10.1. The lowest BCUT2D eigenvalue weighted by molar-refractivity contribution is -0.142. The SMILES string of the molecule is CCCCNC(=O)[C@H](Cc1ccccc1)N(Cc1cccc(C)c1)C(=O)COc1ccc(C)c(C)c1. The number of carbonyl (C=O) groups is 2. The molecule has 1 atom stereocenters. The first-order chi connectivity index (χ1) is 17.4. The van der Waals surface area contributed by atoms with Crippen molar-refractivity contribution in [3.63, 3.8) is 0 Å². The van der Waals surface area contributed by atoms with Crippen LogP contribution in [0, 0.1) is 20.8 Å². The van der Waals surface area contributed by atoms with Gasteiger partial charge in [-0.2, -0.15) is 0 Å². The predicted octanol–water partition coefficient (Wildman–Crippen LogP) is 5.55. The lowest BCUT2D eigenvalue weighted by Gasteiger charge is -2.31. The van der Waals surface area contributed by atoms with Crippen LogP contribution in [0.5, 0.6) is 5.75 Å². The van der Waals surface area contributed by atoms with Crippen molar-refractivity contribution in [1.82, 2.24) is 10.2 Å². The fourth-order valence-corrected chi connectivity index (χ4v) is 4.10. The summed E-state index contributed by atoms with van der Waals surface area (Å²) in [6.45, 7) is 8.95. The monoisotopic (exact) mass is 486 g/mol. The molecule has 0 aliphatic rings. The summed E-state index contributed by atoms with van der Waals surface area (Å²) in [5.41, 5.74) is 5.37. The second-order valence-electron chi connectivity index (χ2n) is 9.40. The molecule has 0 saturated heterocycles. The molecule has 0 spiro atoms. The van der Waals surface area contributed by atoms with E-state index >= 15 is 0 Å². The highest BCUT2D eigenvalue weighted by Gasteiger charge is 2.30. The first-order valence-electron chi connectivity index (χ1n) is 12.7. The number of unbranched alkanes of at least 4 members (excludes halogenated alkanes) is 1. The van der Waals surface area contributed by atoms with Crippen LogP contribution in [-0.2, 0) is 22.6 Å². The van der Waals surface area contributed by atoms with Gasteiger partial charge in [0, 0.05) is 19.5 Å². The normalized spacial score (nSPS) is 11.6. The van der Waals surface area contributed by atoms with Crippen molar-refractivity contribution in [2.24, 2.45) is 0 Å². The fraction of sp³-hybridized carbons (Fsp3) is 0.355. The molecular weight excluding hydrogens is 448 g/mol. The molecule has 190 valence electrons.